The molecule has 1 fully saturated rings. The largest absolute Gasteiger partial charge is 0.353 e. The van der Waals surface area contributed by atoms with Crippen LogP contribution >= 0.6 is 0 Å². The summed E-state index contributed by atoms with van der Waals surface area (Å²) in [6.45, 7) is 6.43. The standard InChI is InChI=1S/C14H28N2O/c1-4-10(2)11(3)16-14(17)12-8-6-5-7-9-13(12)15/h10-13H,4-9,15H2,1-3H3,(H,16,17). The predicted molar refractivity (Wildman–Crippen MR) is 71.6 cm³/mol. The number of nitrogens with two attached hydrogens (primary N) is 1. The van der Waals surface area contributed by atoms with E-state index in [1.54, 1.807) is 0 Å². The molecule has 0 saturated heterocycles. The molecule has 3 N–H and O–H groups in total. The molecule has 100 valence electrons. The van der Waals surface area contributed by atoms with Gasteiger partial charge in [-0.1, -0.05) is 39.5 Å². The fourth-order valence-electron chi connectivity index (χ4n) is 2.49. The van der Waals surface area contributed by atoms with Gasteiger partial charge in [0.1, 0.15) is 0 Å². The Kier molecular flexibility index (Phi) is 5.96. The summed E-state index contributed by atoms with van der Waals surface area (Å²) in [7, 11) is 0. The van der Waals surface area contributed by atoms with Gasteiger partial charge in [0, 0.05) is 12.1 Å². The molecule has 4 atom stereocenters. The number of nitrogens with one attached hydrogen (secondary N) is 1. The minimum absolute atomic E-state index is 0.0315. The fraction of sp³-hybridized carbons (Fsp3) is 0.929. The van der Waals surface area contributed by atoms with Gasteiger partial charge in [0.15, 0.2) is 0 Å². The zero-order chi connectivity index (χ0) is 12.8. The molecule has 1 amide bonds. The van der Waals surface area contributed by atoms with Crippen molar-refractivity contribution in [2.24, 2.45) is 17.6 Å². The van der Waals surface area contributed by atoms with Gasteiger partial charge < -0.3 is 11.1 Å². The van der Waals surface area contributed by atoms with E-state index in [2.05, 4.69) is 26.1 Å². The van der Waals surface area contributed by atoms with Gasteiger partial charge in [-0.05, 0) is 25.7 Å². The molecule has 0 spiro atoms. The van der Waals surface area contributed by atoms with E-state index >= 15 is 0 Å². The predicted octanol–water partition coefficient (Wildman–Crippen LogP) is 2.44. The second kappa shape index (κ2) is 7.00. The van der Waals surface area contributed by atoms with E-state index in [1.807, 2.05) is 0 Å². The van der Waals surface area contributed by atoms with Crippen LogP contribution in [0.4, 0.5) is 0 Å². The van der Waals surface area contributed by atoms with Gasteiger partial charge in [0.25, 0.3) is 0 Å². The second-order valence-electron chi connectivity index (χ2n) is 5.59. The highest BCUT2D eigenvalue weighted by atomic mass is 16.2. The number of amides is 1. The number of carbonyl (C=O) groups excluding carboxylic acids is 1. The van der Waals surface area contributed by atoms with Crippen LogP contribution in [0.15, 0.2) is 0 Å². The summed E-state index contributed by atoms with van der Waals surface area (Å²) in [5.74, 6) is 0.733. The van der Waals surface area contributed by atoms with Gasteiger partial charge in [0.2, 0.25) is 5.91 Å². The van der Waals surface area contributed by atoms with Crippen molar-refractivity contribution < 1.29 is 4.79 Å². The Hall–Kier alpha value is -0.570. The van der Waals surface area contributed by atoms with Crippen LogP contribution < -0.4 is 11.1 Å². The Morgan fingerprint density at radius 3 is 2.59 bits per heavy atom. The Balaban J connectivity index is 2.50. The highest BCUT2D eigenvalue weighted by Gasteiger charge is 2.28. The molecule has 0 bridgehead atoms. The van der Waals surface area contributed by atoms with E-state index in [1.165, 1.54) is 12.8 Å². The van der Waals surface area contributed by atoms with Gasteiger partial charge in [-0.2, -0.15) is 0 Å². The van der Waals surface area contributed by atoms with E-state index in [4.69, 9.17) is 5.73 Å². The minimum atomic E-state index is 0.0315. The van der Waals surface area contributed by atoms with Crippen molar-refractivity contribution in [1.29, 1.82) is 0 Å². The molecule has 1 aliphatic carbocycles. The molecule has 4 unspecified atom stereocenters. The van der Waals surface area contributed by atoms with Crippen molar-refractivity contribution in [1.82, 2.24) is 5.32 Å². The monoisotopic (exact) mass is 240 g/mol. The van der Waals surface area contributed by atoms with Crippen LogP contribution in [0.25, 0.3) is 0 Å². The van der Waals surface area contributed by atoms with E-state index in [-0.39, 0.29) is 23.9 Å². The molecular weight excluding hydrogens is 212 g/mol. The first-order valence-electron chi connectivity index (χ1n) is 7.12. The van der Waals surface area contributed by atoms with Gasteiger partial charge >= 0.3 is 0 Å². The van der Waals surface area contributed by atoms with E-state index in [0.717, 1.165) is 25.7 Å². The van der Waals surface area contributed by atoms with Gasteiger partial charge in [-0.15, -0.1) is 0 Å². The van der Waals surface area contributed by atoms with Crippen LogP contribution in [0, 0.1) is 11.8 Å². The van der Waals surface area contributed by atoms with Gasteiger partial charge in [-0.3, -0.25) is 4.79 Å². The highest BCUT2D eigenvalue weighted by molar-refractivity contribution is 5.79. The second-order valence-corrected chi connectivity index (χ2v) is 5.59. The molecule has 1 aliphatic rings. The summed E-state index contributed by atoms with van der Waals surface area (Å²) in [5.41, 5.74) is 6.10. The Morgan fingerprint density at radius 2 is 1.94 bits per heavy atom. The fourth-order valence-corrected chi connectivity index (χ4v) is 2.49. The average molecular weight is 240 g/mol. The molecule has 3 nitrogen and oxygen atoms in total. The summed E-state index contributed by atoms with van der Waals surface area (Å²) in [6, 6.07) is 0.310. The van der Waals surface area contributed by atoms with Crippen LogP contribution in [-0.2, 0) is 4.79 Å². The number of hydrogen-bond acceptors (Lipinski definition) is 2. The van der Waals surface area contributed by atoms with Crippen LogP contribution in [0.3, 0.4) is 0 Å². The first-order valence-corrected chi connectivity index (χ1v) is 7.12. The van der Waals surface area contributed by atoms with Crippen LogP contribution in [0.2, 0.25) is 0 Å². The third-order valence-electron chi connectivity index (χ3n) is 4.27. The van der Waals surface area contributed by atoms with Crippen LogP contribution in [0.1, 0.15) is 59.3 Å². The lowest BCUT2D eigenvalue weighted by Gasteiger charge is -2.25. The maximum absolute atomic E-state index is 12.2. The summed E-state index contributed by atoms with van der Waals surface area (Å²) < 4.78 is 0. The quantitative estimate of drug-likeness (QED) is 0.742. The van der Waals surface area contributed by atoms with E-state index < -0.39 is 0 Å². The lowest BCUT2D eigenvalue weighted by Crippen LogP contribution is -2.46. The normalized spacial score (nSPS) is 29.2. The van der Waals surface area contributed by atoms with Crippen molar-refractivity contribution in [2.45, 2.75) is 71.4 Å². The molecule has 0 radical (unpaired) electrons. The lowest BCUT2D eigenvalue weighted by molar-refractivity contribution is -0.126. The molecule has 0 heterocycles. The number of rotatable bonds is 4. The van der Waals surface area contributed by atoms with Crippen molar-refractivity contribution in [3.05, 3.63) is 0 Å². The first kappa shape index (κ1) is 14.5. The summed E-state index contributed by atoms with van der Waals surface area (Å²) >= 11 is 0. The summed E-state index contributed by atoms with van der Waals surface area (Å²) in [4.78, 5) is 12.2. The van der Waals surface area contributed by atoms with Crippen LogP contribution in [0.5, 0.6) is 0 Å². The van der Waals surface area contributed by atoms with Gasteiger partial charge in [-0.25, -0.2) is 0 Å². The van der Waals surface area contributed by atoms with Crippen molar-refractivity contribution in [3.8, 4) is 0 Å². The first-order chi connectivity index (χ1) is 8.06. The molecule has 0 aromatic carbocycles. The minimum Gasteiger partial charge on any atom is -0.353 e. The molecular formula is C14H28N2O. The third kappa shape index (κ3) is 4.30. The molecule has 3 heteroatoms. The number of carbonyl (C=O) groups is 1. The Morgan fingerprint density at radius 1 is 1.29 bits per heavy atom. The maximum atomic E-state index is 12.2. The molecule has 0 aromatic rings. The Labute approximate surface area is 106 Å². The zero-order valence-corrected chi connectivity index (χ0v) is 11.5. The van der Waals surface area contributed by atoms with Gasteiger partial charge in [0.05, 0.1) is 5.92 Å². The molecule has 1 rings (SSSR count). The van der Waals surface area contributed by atoms with Crippen molar-refractivity contribution in [3.63, 3.8) is 0 Å². The van der Waals surface area contributed by atoms with Crippen LogP contribution in [-0.4, -0.2) is 18.0 Å². The SMILES string of the molecule is CCC(C)C(C)NC(=O)C1CCCCCC1N. The van der Waals surface area contributed by atoms with E-state index in [9.17, 15) is 4.79 Å². The smallest absolute Gasteiger partial charge is 0.224 e. The zero-order valence-electron chi connectivity index (χ0n) is 11.5. The molecule has 1 saturated carbocycles. The molecule has 0 aromatic heterocycles. The summed E-state index contributed by atoms with van der Waals surface area (Å²) in [5, 5.41) is 3.14. The lowest BCUT2D eigenvalue weighted by atomic mass is 9.93. The number of hydrogen-bond donors (Lipinski definition) is 2. The van der Waals surface area contributed by atoms with Crippen molar-refractivity contribution in [2.75, 3.05) is 0 Å². The molecule has 17 heavy (non-hydrogen) atoms. The molecule has 0 aliphatic heterocycles. The average Bonchev–Trinajstić information content (AvgIpc) is 2.52. The maximum Gasteiger partial charge on any atom is 0.224 e. The Bertz CT molecular complexity index is 242. The van der Waals surface area contributed by atoms with Crippen molar-refractivity contribution >= 4 is 5.91 Å². The summed E-state index contributed by atoms with van der Waals surface area (Å²) in [6.07, 6.45) is 6.59. The van der Waals surface area contributed by atoms with E-state index in [0.29, 0.717) is 5.92 Å². The third-order valence-corrected chi connectivity index (χ3v) is 4.27. The topological polar surface area (TPSA) is 55.1 Å². The highest BCUT2D eigenvalue weighted by Crippen LogP contribution is 2.22.